The van der Waals surface area contributed by atoms with Crippen LogP contribution in [0.1, 0.15) is 11.1 Å². The average Bonchev–Trinajstić information content (AvgIpc) is 2.46. The predicted octanol–water partition coefficient (Wildman–Crippen LogP) is 4.90. The third-order valence-electron chi connectivity index (χ3n) is 2.71. The minimum Gasteiger partial charge on any atom is -0.492 e. The highest BCUT2D eigenvalue weighted by Gasteiger charge is 2.03. The second-order valence-corrected chi connectivity index (χ2v) is 5.69. The van der Waals surface area contributed by atoms with Crippen molar-refractivity contribution in [2.24, 2.45) is 0 Å². The van der Waals surface area contributed by atoms with E-state index in [9.17, 15) is 0 Å². The smallest absolute Gasteiger partial charge is 0.123 e. The zero-order valence-electron chi connectivity index (χ0n) is 10.9. The molecule has 0 aromatic heterocycles. The number of ether oxygens (including phenoxy) is 1. The number of hydrogen-bond acceptors (Lipinski definition) is 2. The number of thioether (sulfide) groups is 1. The fourth-order valence-corrected chi connectivity index (χ4v) is 2.74. The van der Waals surface area contributed by atoms with Gasteiger partial charge in [-0.25, -0.2) is 0 Å². The van der Waals surface area contributed by atoms with E-state index in [1.54, 1.807) is 11.8 Å². The summed E-state index contributed by atoms with van der Waals surface area (Å²) in [6.07, 6.45) is 0. The van der Waals surface area contributed by atoms with Gasteiger partial charge in [-0.1, -0.05) is 35.9 Å². The monoisotopic (exact) mass is 292 g/mol. The van der Waals surface area contributed by atoms with E-state index in [0.717, 1.165) is 17.1 Å². The van der Waals surface area contributed by atoms with Crippen molar-refractivity contribution in [3.05, 3.63) is 59.7 Å². The first-order valence-electron chi connectivity index (χ1n) is 6.26. The molecule has 2 aromatic carbocycles. The van der Waals surface area contributed by atoms with Crippen LogP contribution in [-0.2, 0) is 5.88 Å². The van der Waals surface area contributed by atoms with Crippen molar-refractivity contribution in [2.75, 3.05) is 12.4 Å². The van der Waals surface area contributed by atoms with Crippen molar-refractivity contribution in [1.29, 1.82) is 0 Å². The van der Waals surface area contributed by atoms with Crippen LogP contribution in [-0.4, -0.2) is 12.4 Å². The van der Waals surface area contributed by atoms with Crippen LogP contribution in [0.4, 0.5) is 0 Å². The van der Waals surface area contributed by atoms with E-state index in [-0.39, 0.29) is 0 Å². The molecule has 0 fully saturated rings. The molecule has 0 N–H and O–H groups in total. The molecule has 0 spiro atoms. The summed E-state index contributed by atoms with van der Waals surface area (Å²) >= 11 is 7.73. The van der Waals surface area contributed by atoms with Crippen molar-refractivity contribution >= 4 is 23.4 Å². The van der Waals surface area contributed by atoms with Gasteiger partial charge in [-0.05, 0) is 25.1 Å². The Bertz CT molecular complexity index is 513. The number of hydrogen-bond donors (Lipinski definition) is 0. The van der Waals surface area contributed by atoms with Gasteiger partial charge in [-0.3, -0.25) is 0 Å². The summed E-state index contributed by atoms with van der Waals surface area (Å²) in [5, 5.41) is 0. The molecule has 3 heteroatoms. The van der Waals surface area contributed by atoms with E-state index in [4.69, 9.17) is 16.3 Å². The van der Waals surface area contributed by atoms with E-state index in [0.29, 0.717) is 12.5 Å². The maximum Gasteiger partial charge on any atom is 0.123 e. The molecule has 2 aromatic rings. The molecule has 0 saturated carbocycles. The van der Waals surface area contributed by atoms with E-state index in [2.05, 4.69) is 43.3 Å². The van der Waals surface area contributed by atoms with Crippen LogP contribution in [0.5, 0.6) is 5.75 Å². The average molecular weight is 293 g/mol. The van der Waals surface area contributed by atoms with Gasteiger partial charge < -0.3 is 4.74 Å². The van der Waals surface area contributed by atoms with Crippen molar-refractivity contribution in [1.82, 2.24) is 0 Å². The third-order valence-corrected chi connectivity index (χ3v) is 3.98. The fraction of sp³-hybridized carbons (Fsp3) is 0.250. The van der Waals surface area contributed by atoms with Crippen LogP contribution >= 0.6 is 23.4 Å². The van der Waals surface area contributed by atoms with E-state index >= 15 is 0 Å². The van der Waals surface area contributed by atoms with Crippen molar-refractivity contribution in [3.8, 4) is 5.75 Å². The standard InChI is InChI=1S/C16H17ClOS/c1-13-7-8-16(14(11-13)12-17)18-9-10-19-15-5-3-2-4-6-15/h2-8,11H,9-10,12H2,1H3. The molecule has 0 aliphatic rings. The Kier molecular flexibility index (Phi) is 5.62. The number of alkyl halides is 1. The van der Waals surface area contributed by atoms with Crippen LogP contribution in [0.25, 0.3) is 0 Å². The number of aryl methyl sites for hydroxylation is 1. The number of halogens is 1. The molecular weight excluding hydrogens is 276 g/mol. The summed E-state index contributed by atoms with van der Waals surface area (Å²) in [6, 6.07) is 16.5. The zero-order chi connectivity index (χ0) is 13.5. The topological polar surface area (TPSA) is 9.23 Å². The molecule has 19 heavy (non-hydrogen) atoms. The maximum atomic E-state index is 5.93. The Hall–Kier alpha value is -1.12. The molecule has 0 atom stereocenters. The molecular formula is C16H17ClOS. The Morgan fingerprint density at radius 3 is 2.63 bits per heavy atom. The highest BCUT2D eigenvalue weighted by Crippen LogP contribution is 2.23. The summed E-state index contributed by atoms with van der Waals surface area (Å²) < 4.78 is 5.80. The SMILES string of the molecule is Cc1ccc(OCCSc2ccccc2)c(CCl)c1. The molecule has 2 rings (SSSR count). The summed E-state index contributed by atoms with van der Waals surface area (Å²) in [5.41, 5.74) is 2.27. The minimum atomic E-state index is 0.489. The summed E-state index contributed by atoms with van der Waals surface area (Å²) in [5.74, 6) is 2.32. The summed E-state index contributed by atoms with van der Waals surface area (Å²) in [7, 11) is 0. The molecule has 0 bridgehead atoms. The second kappa shape index (κ2) is 7.46. The summed E-state index contributed by atoms with van der Waals surface area (Å²) in [6.45, 7) is 2.75. The minimum absolute atomic E-state index is 0.489. The van der Waals surface area contributed by atoms with Gasteiger partial charge in [0.2, 0.25) is 0 Å². The Balaban J connectivity index is 1.83. The molecule has 1 nitrogen and oxygen atoms in total. The van der Waals surface area contributed by atoms with Crippen LogP contribution < -0.4 is 4.74 Å². The van der Waals surface area contributed by atoms with Gasteiger partial charge in [0.1, 0.15) is 5.75 Å². The lowest BCUT2D eigenvalue weighted by Crippen LogP contribution is -2.02. The third kappa shape index (κ3) is 4.48. The predicted molar refractivity (Wildman–Crippen MR) is 83.4 cm³/mol. The van der Waals surface area contributed by atoms with Crippen LogP contribution in [0.3, 0.4) is 0 Å². The highest BCUT2D eigenvalue weighted by molar-refractivity contribution is 7.99. The van der Waals surface area contributed by atoms with Crippen LogP contribution in [0.15, 0.2) is 53.4 Å². The Morgan fingerprint density at radius 2 is 1.89 bits per heavy atom. The lowest BCUT2D eigenvalue weighted by molar-refractivity contribution is 0.341. The maximum absolute atomic E-state index is 5.93. The first kappa shape index (κ1) is 14.3. The van der Waals surface area contributed by atoms with Crippen LogP contribution in [0.2, 0.25) is 0 Å². The first-order valence-corrected chi connectivity index (χ1v) is 7.78. The fourth-order valence-electron chi connectivity index (χ4n) is 1.78. The van der Waals surface area contributed by atoms with Gasteiger partial charge in [0.15, 0.2) is 0 Å². The first-order chi connectivity index (χ1) is 9.29. The molecule has 0 aliphatic heterocycles. The molecule has 100 valence electrons. The lowest BCUT2D eigenvalue weighted by Gasteiger charge is -2.10. The van der Waals surface area contributed by atoms with Crippen LogP contribution in [0, 0.1) is 6.92 Å². The van der Waals surface area contributed by atoms with E-state index in [1.807, 2.05) is 12.1 Å². The largest absolute Gasteiger partial charge is 0.492 e. The van der Waals surface area contributed by atoms with E-state index in [1.165, 1.54) is 10.5 Å². The Morgan fingerprint density at radius 1 is 1.11 bits per heavy atom. The second-order valence-electron chi connectivity index (χ2n) is 4.25. The molecule has 0 amide bonds. The summed E-state index contributed by atoms with van der Waals surface area (Å²) in [4.78, 5) is 1.27. The molecule has 0 aliphatic carbocycles. The normalized spacial score (nSPS) is 10.4. The molecule has 0 saturated heterocycles. The lowest BCUT2D eigenvalue weighted by atomic mass is 10.1. The van der Waals surface area contributed by atoms with Crippen molar-refractivity contribution in [3.63, 3.8) is 0 Å². The molecule has 0 unspecified atom stereocenters. The Labute approximate surface area is 123 Å². The highest BCUT2D eigenvalue weighted by atomic mass is 35.5. The van der Waals surface area contributed by atoms with Gasteiger partial charge in [0.25, 0.3) is 0 Å². The molecule has 0 radical (unpaired) electrons. The molecule has 0 heterocycles. The van der Waals surface area contributed by atoms with Gasteiger partial charge in [0, 0.05) is 16.2 Å². The van der Waals surface area contributed by atoms with Gasteiger partial charge in [-0.2, -0.15) is 0 Å². The number of benzene rings is 2. The van der Waals surface area contributed by atoms with Crippen molar-refractivity contribution < 1.29 is 4.74 Å². The van der Waals surface area contributed by atoms with Gasteiger partial charge in [-0.15, -0.1) is 23.4 Å². The van der Waals surface area contributed by atoms with Gasteiger partial charge >= 0.3 is 0 Å². The van der Waals surface area contributed by atoms with Gasteiger partial charge in [0.05, 0.1) is 12.5 Å². The zero-order valence-corrected chi connectivity index (χ0v) is 12.5. The number of rotatable bonds is 6. The van der Waals surface area contributed by atoms with Crippen molar-refractivity contribution in [2.45, 2.75) is 17.7 Å². The van der Waals surface area contributed by atoms with E-state index < -0.39 is 0 Å². The quantitative estimate of drug-likeness (QED) is 0.425.